The quantitative estimate of drug-likeness (QED) is 0.360. The number of unbranched alkanes of at least 4 members (excludes halogenated alkanes) is 1. The maximum Gasteiger partial charge on any atom is 0.408 e. The number of pyridine rings is 1. The van der Waals surface area contributed by atoms with Crippen LogP contribution < -0.4 is 20.9 Å². The average Bonchev–Trinajstić information content (AvgIpc) is 3.25. The van der Waals surface area contributed by atoms with Gasteiger partial charge in [-0.3, -0.25) is 14.3 Å². The van der Waals surface area contributed by atoms with E-state index in [1.807, 2.05) is 48.0 Å². The number of rotatable bonds is 8. The molecule has 2 atom stereocenters. The lowest BCUT2D eigenvalue weighted by molar-refractivity contribution is -0.149. The van der Waals surface area contributed by atoms with Gasteiger partial charge in [-0.1, -0.05) is 37.6 Å². The molecular weight excluding hydrogens is 511 g/mol. The van der Waals surface area contributed by atoms with Crippen LogP contribution in [0, 0.1) is 0 Å². The molecular formula is C25H26F3N3O3S2. The highest BCUT2D eigenvalue weighted by Crippen LogP contribution is 2.42. The Morgan fingerprint density at radius 2 is 2.00 bits per heavy atom. The summed E-state index contributed by atoms with van der Waals surface area (Å²) in [5.41, 5.74) is 5.46. The third kappa shape index (κ3) is 5.57. The van der Waals surface area contributed by atoms with E-state index in [0.29, 0.717) is 6.42 Å². The molecule has 0 saturated carbocycles. The fraction of sp³-hybridized carbons (Fsp3) is 0.360. The molecule has 1 amide bonds. The summed E-state index contributed by atoms with van der Waals surface area (Å²) in [6.07, 6.45) is -1.89. The van der Waals surface area contributed by atoms with Gasteiger partial charge in [0.05, 0.1) is 16.9 Å². The number of hydrogen-bond donors (Lipinski definition) is 2. The maximum absolute atomic E-state index is 13.2. The number of aromatic nitrogens is 1. The first-order valence-electron chi connectivity index (χ1n) is 11.5. The topological polar surface area (TPSA) is 72.4 Å². The van der Waals surface area contributed by atoms with Crippen molar-refractivity contribution >= 4 is 29.0 Å². The second-order valence-electron chi connectivity index (χ2n) is 8.38. The number of halogens is 3. The Morgan fingerprint density at radius 1 is 1.22 bits per heavy atom. The summed E-state index contributed by atoms with van der Waals surface area (Å²) in [6.45, 7) is 2.94. The molecule has 0 spiro atoms. The van der Waals surface area contributed by atoms with Crippen LogP contribution in [0.5, 0.6) is 5.75 Å². The molecule has 0 bridgehead atoms. The first-order valence-corrected chi connectivity index (χ1v) is 13.4. The number of nitrogens with one attached hydrogen (secondary N) is 2. The fourth-order valence-corrected chi connectivity index (χ4v) is 5.99. The molecule has 36 heavy (non-hydrogen) atoms. The lowest BCUT2D eigenvalue weighted by Gasteiger charge is -2.26. The lowest BCUT2D eigenvalue weighted by Crippen LogP contribution is -2.45. The Balaban J connectivity index is 1.80. The smallest absolute Gasteiger partial charge is 0.408 e. The summed E-state index contributed by atoms with van der Waals surface area (Å²) in [4.78, 5) is 25.9. The van der Waals surface area contributed by atoms with Crippen LogP contribution in [-0.4, -0.2) is 29.4 Å². The van der Waals surface area contributed by atoms with E-state index in [1.54, 1.807) is 23.1 Å². The fourth-order valence-electron chi connectivity index (χ4n) is 3.82. The van der Waals surface area contributed by atoms with Crippen molar-refractivity contribution in [3.63, 3.8) is 0 Å². The molecule has 0 radical (unpaired) electrons. The largest absolute Gasteiger partial charge is 0.487 e. The number of thiophene rings is 1. The van der Waals surface area contributed by atoms with Gasteiger partial charge in [0.25, 0.3) is 5.91 Å². The monoisotopic (exact) mass is 537 g/mol. The molecule has 2 aromatic heterocycles. The van der Waals surface area contributed by atoms with Crippen molar-refractivity contribution < 1.29 is 22.7 Å². The number of nitrogens with zero attached hydrogens (tertiary/aromatic N) is 1. The van der Waals surface area contributed by atoms with Crippen LogP contribution in [0.3, 0.4) is 0 Å². The van der Waals surface area contributed by atoms with Crippen LogP contribution in [0.25, 0.3) is 0 Å². The Morgan fingerprint density at radius 3 is 2.75 bits per heavy atom. The molecule has 6 nitrogen and oxygen atoms in total. The van der Waals surface area contributed by atoms with E-state index in [4.69, 9.17) is 4.74 Å². The van der Waals surface area contributed by atoms with Crippen LogP contribution >= 0.6 is 23.1 Å². The summed E-state index contributed by atoms with van der Waals surface area (Å²) < 4.78 is 47.8. The van der Waals surface area contributed by atoms with E-state index >= 15 is 0 Å². The van der Waals surface area contributed by atoms with E-state index in [2.05, 4.69) is 5.43 Å². The normalized spacial score (nSPS) is 15.9. The number of hydrogen-bond acceptors (Lipinski definition) is 6. The number of thioether (sulfide) groups is 1. The van der Waals surface area contributed by atoms with E-state index in [0.717, 1.165) is 40.0 Å². The second kappa shape index (κ2) is 11.0. The van der Waals surface area contributed by atoms with Crippen molar-refractivity contribution in [3.8, 4) is 5.75 Å². The van der Waals surface area contributed by atoms with Crippen molar-refractivity contribution in [2.24, 2.45) is 0 Å². The number of fused-ring (bicyclic) bond motifs is 2. The van der Waals surface area contributed by atoms with Gasteiger partial charge >= 0.3 is 6.18 Å². The maximum atomic E-state index is 13.2. The molecule has 11 heteroatoms. The zero-order valence-electron chi connectivity index (χ0n) is 19.7. The van der Waals surface area contributed by atoms with Gasteiger partial charge < -0.3 is 15.5 Å². The summed E-state index contributed by atoms with van der Waals surface area (Å²) in [7, 11) is 0. The van der Waals surface area contributed by atoms with E-state index < -0.39 is 29.6 Å². The predicted octanol–water partition coefficient (Wildman–Crippen LogP) is 5.71. The average molecular weight is 538 g/mol. The van der Waals surface area contributed by atoms with Crippen LogP contribution in [0.2, 0.25) is 0 Å². The molecule has 2 N–H and O–H groups in total. The van der Waals surface area contributed by atoms with Crippen LogP contribution in [0.4, 0.5) is 13.2 Å². The molecule has 3 heterocycles. The van der Waals surface area contributed by atoms with Gasteiger partial charge in [0.1, 0.15) is 6.04 Å². The minimum atomic E-state index is -4.64. The first-order chi connectivity index (χ1) is 17.2. The minimum absolute atomic E-state index is 0.155. The summed E-state index contributed by atoms with van der Waals surface area (Å²) in [6, 6.07) is 8.57. The Labute approximate surface area is 214 Å². The van der Waals surface area contributed by atoms with Gasteiger partial charge in [-0.2, -0.15) is 13.2 Å². The highest BCUT2D eigenvalue weighted by atomic mass is 32.2. The zero-order valence-corrected chi connectivity index (χ0v) is 21.4. The summed E-state index contributed by atoms with van der Waals surface area (Å²) in [5.74, 6) is -0.584. The Kier molecular flexibility index (Phi) is 7.99. The van der Waals surface area contributed by atoms with Crippen molar-refractivity contribution in [2.75, 3.05) is 12.0 Å². The second-order valence-corrected chi connectivity index (χ2v) is 10.5. The number of carbonyl (C=O) groups is 1. The zero-order chi connectivity index (χ0) is 25.9. The number of benzene rings is 1. The molecule has 1 unspecified atom stereocenters. The third-order valence-electron chi connectivity index (χ3n) is 5.82. The summed E-state index contributed by atoms with van der Waals surface area (Å²) in [5, 5.41) is 3.95. The predicted molar refractivity (Wildman–Crippen MR) is 136 cm³/mol. The van der Waals surface area contributed by atoms with Gasteiger partial charge in [-0.15, -0.1) is 23.1 Å². The molecule has 0 aliphatic carbocycles. The van der Waals surface area contributed by atoms with Crippen molar-refractivity contribution in [1.82, 2.24) is 9.99 Å². The lowest BCUT2D eigenvalue weighted by atomic mass is 9.97. The molecule has 4 rings (SSSR count). The third-order valence-corrected chi connectivity index (χ3v) is 8.13. The molecule has 0 fully saturated rings. The number of alkyl halides is 3. The van der Waals surface area contributed by atoms with Crippen molar-refractivity contribution in [3.05, 3.63) is 80.6 Å². The molecule has 1 aliphatic rings. The minimum Gasteiger partial charge on any atom is -0.487 e. The first kappa shape index (κ1) is 26.2. The SMILES string of the molecule is CCCCOc1c(C(=O)N[C@H](C)C(F)(F)F)n(NC2c3ccccc3CSc3sccc32)ccc1=O. The molecule has 1 aromatic carbocycles. The van der Waals surface area contributed by atoms with Gasteiger partial charge in [0, 0.05) is 23.6 Å². The van der Waals surface area contributed by atoms with Crippen LogP contribution in [0.1, 0.15) is 59.9 Å². The standard InChI is InChI=1S/C25H26F3N3O3S2/c1-3-4-12-34-22-19(32)9-11-31(21(22)23(33)29-15(2)25(26,27)28)30-20-17-8-6-5-7-16(17)14-36-24-18(20)10-13-35-24/h5-11,13,15,20,30H,3-4,12,14H2,1-2H3,(H,29,33)/t15-,20?/m1/s1. The number of ether oxygens (including phenoxy) is 1. The highest BCUT2D eigenvalue weighted by Gasteiger charge is 2.38. The van der Waals surface area contributed by atoms with Crippen LogP contribution in [-0.2, 0) is 5.75 Å². The molecule has 192 valence electrons. The molecule has 0 saturated heterocycles. The number of carbonyl (C=O) groups excluding carboxylic acids is 1. The Hall–Kier alpha value is -2.92. The van der Waals surface area contributed by atoms with Crippen molar-refractivity contribution in [2.45, 2.75) is 54.9 Å². The van der Waals surface area contributed by atoms with E-state index in [9.17, 15) is 22.8 Å². The van der Waals surface area contributed by atoms with E-state index in [1.165, 1.54) is 16.9 Å². The van der Waals surface area contributed by atoms with Gasteiger partial charge in [0.2, 0.25) is 5.43 Å². The molecule has 3 aromatic rings. The summed E-state index contributed by atoms with van der Waals surface area (Å²) >= 11 is 3.30. The highest BCUT2D eigenvalue weighted by molar-refractivity contribution is 8.00. The molecule has 1 aliphatic heterocycles. The van der Waals surface area contributed by atoms with E-state index in [-0.39, 0.29) is 18.1 Å². The van der Waals surface area contributed by atoms with Gasteiger partial charge in [0.15, 0.2) is 11.4 Å². The Bertz CT molecular complexity index is 1290. The number of amides is 1. The van der Waals surface area contributed by atoms with Gasteiger partial charge in [-0.05, 0) is 35.9 Å². The van der Waals surface area contributed by atoms with Crippen LogP contribution in [0.15, 0.2) is 57.0 Å². The van der Waals surface area contributed by atoms with Gasteiger partial charge in [-0.25, -0.2) is 0 Å². The van der Waals surface area contributed by atoms with Crippen molar-refractivity contribution in [1.29, 1.82) is 0 Å².